The Morgan fingerprint density at radius 3 is 3.05 bits per heavy atom. The van der Waals surface area contributed by atoms with Crippen LogP contribution in [0.5, 0.6) is 0 Å². The number of aromatic nitrogens is 2. The van der Waals surface area contributed by atoms with Crippen molar-refractivity contribution >= 4 is 15.9 Å². The first-order valence-electron chi connectivity index (χ1n) is 6.68. The maximum Gasteiger partial charge on any atom is 0.122 e. The maximum absolute atomic E-state index is 5.76. The third-order valence-electron chi connectivity index (χ3n) is 4.03. The summed E-state index contributed by atoms with van der Waals surface area (Å²) in [6.45, 7) is 3.71. The fraction of sp³-hybridized carbons (Fsp3) is 0.400. The predicted octanol–water partition coefficient (Wildman–Crippen LogP) is 3.14. The highest BCUT2D eigenvalue weighted by Crippen LogP contribution is 2.32. The minimum Gasteiger partial charge on any atom is -0.330 e. The lowest BCUT2D eigenvalue weighted by molar-refractivity contribution is 0.450. The molecule has 0 aliphatic carbocycles. The number of halogens is 1. The van der Waals surface area contributed by atoms with Crippen LogP contribution in [0.1, 0.15) is 35.0 Å². The van der Waals surface area contributed by atoms with Gasteiger partial charge in [0, 0.05) is 28.8 Å². The number of fused-ring (bicyclic) bond motifs is 1. The number of nitrogens with two attached hydrogens (primary N) is 1. The number of rotatable bonds is 2. The van der Waals surface area contributed by atoms with Crippen LogP contribution in [0.3, 0.4) is 0 Å². The van der Waals surface area contributed by atoms with E-state index in [9.17, 15) is 0 Å². The molecule has 2 heterocycles. The predicted molar refractivity (Wildman–Crippen MR) is 80.1 cm³/mol. The van der Waals surface area contributed by atoms with E-state index in [1.807, 2.05) is 6.20 Å². The van der Waals surface area contributed by atoms with Gasteiger partial charge in [-0.05, 0) is 43.0 Å². The zero-order valence-corrected chi connectivity index (χ0v) is 12.7. The van der Waals surface area contributed by atoms with Gasteiger partial charge in [-0.15, -0.1) is 0 Å². The topological polar surface area (TPSA) is 43.8 Å². The van der Waals surface area contributed by atoms with E-state index in [2.05, 4.69) is 50.6 Å². The Hall–Kier alpha value is -1.13. The number of imidazole rings is 1. The second-order valence-corrected chi connectivity index (χ2v) is 6.13. The first-order chi connectivity index (χ1) is 9.19. The summed E-state index contributed by atoms with van der Waals surface area (Å²) >= 11 is 3.53. The summed E-state index contributed by atoms with van der Waals surface area (Å²) < 4.78 is 3.45. The smallest absolute Gasteiger partial charge is 0.122 e. The number of nitrogens with zero attached hydrogens (tertiary/aromatic N) is 2. The lowest BCUT2D eigenvalue weighted by atomic mass is 9.88. The van der Waals surface area contributed by atoms with Crippen molar-refractivity contribution < 1.29 is 0 Å². The zero-order valence-electron chi connectivity index (χ0n) is 11.1. The normalized spacial score (nSPS) is 18.4. The lowest BCUT2D eigenvalue weighted by Gasteiger charge is -2.27. The van der Waals surface area contributed by atoms with Crippen LogP contribution in [-0.4, -0.2) is 9.55 Å². The molecule has 3 rings (SSSR count). The van der Waals surface area contributed by atoms with Crippen molar-refractivity contribution in [1.29, 1.82) is 0 Å². The number of benzene rings is 1. The van der Waals surface area contributed by atoms with Gasteiger partial charge in [-0.3, -0.25) is 0 Å². The second-order valence-electron chi connectivity index (χ2n) is 5.22. The summed E-state index contributed by atoms with van der Waals surface area (Å²) in [5.74, 6) is 1.58. The van der Waals surface area contributed by atoms with E-state index in [0.29, 0.717) is 12.5 Å². The minimum absolute atomic E-state index is 0.520. The molecule has 1 aliphatic heterocycles. The third kappa shape index (κ3) is 2.35. The highest BCUT2D eigenvalue weighted by atomic mass is 79.9. The molecule has 100 valence electrons. The molecule has 1 aromatic carbocycles. The average molecular weight is 320 g/mol. The summed E-state index contributed by atoms with van der Waals surface area (Å²) in [5.41, 5.74) is 9.90. The molecule has 0 amide bonds. The molecule has 0 fully saturated rings. The van der Waals surface area contributed by atoms with E-state index < -0.39 is 0 Å². The SMILES string of the molecule is Cc1cc(Br)ccc1C1CCc2cnc(CN)n2C1. The Labute approximate surface area is 122 Å². The average Bonchev–Trinajstić information content (AvgIpc) is 2.80. The van der Waals surface area contributed by atoms with Gasteiger partial charge in [0.1, 0.15) is 5.82 Å². The van der Waals surface area contributed by atoms with Crippen molar-refractivity contribution in [2.45, 2.75) is 38.8 Å². The van der Waals surface area contributed by atoms with Gasteiger partial charge in [-0.25, -0.2) is 4.98 Å². The van der Waals surface area contributed by atoms with Crippen LogP contribution in [0.4, 0.5) is 0 Å². The van der Waals surface area contributed by atoms with Crippen LogP contribution in [-0.2, 0) is 19.5 Å². The Balaban J connectivity index is 1.92. The van der Waals surface area contributed by atoms with Crippen LogP contribution in [0.25, 0.3) is 0 Å². The van der Waals surface area contributed by atoms with E-state index >= 15 is 0 Å². The Bertz CT molecular complexity index is 590. The monoisotopic (exact) mass is 319 g/mol. The van der Waals surface area contributed by atoms with E-state index in [-0.39, 0.29) is 0 Å². The number of hydrogen-bond acceptors (Lipinski definition) is 2. The molecule has 2 aromatic rings. The van der Waals surface area contributed by atoms with Gasteiger partial charge in [0.25, 0.3) is 0 Å². The largest absolute Gasteiger partial charge is 0.330 e. The molecule has 0 spiro atoms. The van der Waals surface area contributed by atoms with Gasteiger partial charge in [0.05, 0.1) is 6.54 Å². The van der Waals surface area contributed by atoms with Crippen molar-refractivity contribution in [3.05, 3.63) is 51.5 Å². The standard InChI is InChI=1S/C15H18BrN3/c1-10-6-12(16)3-5-14(10)11-2-4-13-8-18-15(7-17)19(13)9-11/h3,5-6,8,11H,2,4,7,9,17H2,1H3. The molecule has 3 nitrogen and oxygen atoms in total. The summed E-state index contributed by atoms with van der Waals surface area (Å²) in [6.07, 6.45) is 4.26. The number of aryl methyl sites for hydroxylation is 2. The van der Waals surface area contributed by atoms with Gasteiger partial charge in [0.15, 0.2) is 0 Å². The molecule has 1 aliphatic rings. The summed E-state index contributed by atoms with van der Waals surface area (Å²) in [6, 6.07) is 6.58. The molecule has 0 bridgehead atoms. The Morgan fingerprint density at radius 1 is 1.47 bits per heavy atom. The highest BCUT2D eigenvalue weighted by Gasteiger charge is 2.23. The molecule has 4 heteroatoms. The van der Waals surface area contributed by atoms with E-state index in [0.717, 1.165) is 23.3 Å². The lowest BCUT2D eigenvalue weighted by Crippen LogP contribution is -2.21. The molecular weight excluding hydrogens is 302 g/mol. The van der Waals surface area contributed by atoms with Crippen molar-refractivity contribution in [2.24, 2.45) is 5.73 Å². The quantitative estimate of drug-likeness (QED) is 0.924. The molecule has 1 aromatic heterocycles. The number of hydrogen-bond donors (Lipinski definition) is 1. The van der Waals surface area contributed by atoms with Gasteiger partial charge in [-0.1, -0.05) is 22.0 Å². The van der Waals surface area contributed by atoms with Gasteiger partial charge < -0.3 is 10.3 Å². The zero-order chi connectivity index (χ0) is 13.4. The Kier molecular flexibility index (Phi) is 3.46. The molecule has 0 saturated carbocycles. The fourth-order valence-electron chi connectivity index (χ4n) is 3.02. The fourth-order valence-corrected chi connectivity index (χ4v) is 3.50. The van der Waals surface area contributed by atoms with Gasteiger partial charge in [0.2, 0.25) is 0 Å². The Morgan fingerprint density at radius 2 is 2.32 bits per heavy atom. The van der Waals surface area contributed by atoms with Crippen LogP contribution >= 0.6 is 15.9 Å². The summed E-state index contributed by atoms with van der Waals surface area (Å²) in [5, 5.41) is 0. The van der Waals surface area contributed by atoms with Crippen LogP contribution < -0.4 is 5.73 Å². The minimum atomic E-state index is 0.520. The molecular formula is C15H18BrN3. The van der Waals surface area contributed by atoms with Crippen molar-refractivity contribution in [2.75, 3.05) is 0 Å². The first kappa shape index (κ1) is 12.9. The maximum atomic E-state index is 5.76. The van der Waals surface area contributed by atoms with E-state index in [1.165, 1.54) is 23.2 Å². The van der Waals surface area contributed by atoms with Crippen LogP contribution in [0.2, 0.25) is 0 Å². The second kappa shape index (κ2) is 5.10. The van der Waals surface area contributed by atoms with Gasteiger partial charge in [-0.2, -0.15) is 0 Å². The molecule has 19 heavy (non-hydrogen) atoms. The summed E-state index contributed by atoms with van der Waals surface area (Å²) in [7, 11) is 0. The summed E-state index contributed by atoms with van der Waals surface area (Å²) in [4.78, 5) is 4.41. The molecule has 0 radical (unpaired) electrons. The first-order valence-corrected chi connectivity index (χ1v) is 7.47. The molecule has 2 N–H and O–H groups in total. The van der Waals surface area contributed by atoms with E-state index in [4.69, 9.17) is 5.73 Å². The van der Waals surface area contributed by atoms with Crippen molar-refractivity contribution in [3.8, 4) is 0 Å². The highest BCUT2D eigenvalue weighted by molar-refractivity contribution is 9.10. The van der Waals surface area contributed by atoms with Crippen LogP contribution in [0, 0.1) is 6.92 Å². The van der Waals surface area contributed by atoms with Crippen LogP contribution in [0.15, 0.2) is 28.9 Å². The molecule has 1 atom stereocenters. The molecule has 0 saturated heterocycles. The van der Waals surface area contributed by atoms with Crippen molar-refractivity contribution in [1.82, 2.24) is 9.55 Å². The third-order valence-corrected chi connectivity index (χ3v) is 4.52. The van der Waals surface area contributed by atoms with Gasteiger partial charge >= 0.3 is 0 Å². The molecule has 1 unspecified atom stereocenters. The van der Waals surface area contributed by atoms with Crippen molar-refractivity contribution in [3.63, 3.8) is 0 Å². The van der Waals surface area contributed by atoms with E-state index in [1.54, 1.807) is 0 Å².